The van der Waals surface area contributed by atoms with Crippen LogP contribution in [0.1, 0.15) is 0 Å². The summed E-state index contributed by atoms with van der Waals surface area (Å²) in [5.74, 6) is -62.3. The molecule has 2 unspecified atom stereocenters. The van der Waals surface area contributed by atoms with Crippen LogP contribution in [0.25, 0.3) is 0 Å². The minimum Gasteiger partial charge on any atom is -0.478 e. The summed E-state index contributed by atoms with van der Waals surface area (Å²) in [6.45, 7) is 0. The van der Waals surface area contributed by atoms with E-state index in [1.807, 2.05) is 0 Å². The van der Waals surface area contributed by atoms with Crippen molar-refractivity contribution in [3.8, 4) is 0 Å². The summed E-state index contributed by atoms with van der Waals surface area (Å²) in [6, 6.07) is 0. The van der Waals surface area contributed by atoms with Crippen molar-refractivity contribution in [3.63, 3.8) is 0 Å². The van der Waals surface area contributed by atoms with E-state index in [0.29, 0.717) is 0 Å². The fourth-order valence-electron chi connectivity index (χ4n) is 1.74. The third-order valence-electron chi connectivity index (χ3n) is 3.65. The highest BCUT2D eigenvalue weighted by molar-refractivity contribution is 5.80. The number of rotatable bonds is 9. The summed E-state index contributed by atoms with van der Waals surface area (Å²) in [6.07, 6.45) is -15.7. The van der Waals surface area contributed by atoms with Gasteiger partial charge in [0, 0.05) is 0 Å². The Morgan fingerprint density at radius 1 is 0.667 bits per heavy atom. The molecule has 196 valence electrons. The number of halogens is 17. The first-order valence-electron chi connectivity index (χ1n) is 7.03. The zero-order valence-corrected chi connectivity index (χ0v) is 14.3. The third-order valence-corrected chi connectivity index (χ3v) is 3.65. The average molecular weight is 536 g/mol. The summed E-state index contributed by atoms with van der Waals surface area (Å²) in [7, 11) is 0. The van der Waals surface area contributed by atoms with Gasteiger partial charge in [0.25, 0.3) is 0 Å². The first-order valence-corrected chi connectivity index (χ1v) is 7.03. The second-order valence-corrected chi connectivity index (χ2v) is 5.90. The van der Waals surface area contributed by atoms with Gasteiger partial charge in [0.05, 0.1) is 6.08 Å². The summed E-state index contributed by atoms with van der Waals surface area (Å²) in [5.41, 5.74) is 0. The Bertz CT molecular complexity index is 781. The number of hydrogen-bond donors (Lipinski definition) is 3. The molecule has 0 aliphatic carbocycles. The number of carboxylic acid groups (broad SMARTS) is 1. The highest BCUT2D eigenvalue weighted by Gasteiger charge is 2.89. The number of aliphatic carboxylic acids is 1. The van der Waals surface area contributed by atoms with E-state index >= 15 is 0 Å². The van der Waals surface area contributed by atoms with Crippen molar-refractivity contribution in [2.45, 2.75) is 53.7 Å². The SMILES string of the molecule is O=C(O)/C=C(\F)C(F)(F)C(F)(F)C(F)(F)C(F)(F)C(O)C(O)(F)C(F)(F)C(F)(F)C(F)(F)F. The molecule has 0 amide bonds. The van der Waals surface area contributed by atoms with E-state index in [-0.39, 0.29) is 0 Å². The molecule has 0 aliphatic rings. The van der Waals surface area contributed by atoms with Gasteiger partial charge in [0.15, 0.2) is 11.9 Å². The van der Waals surface area contributed by atoms with Crippen molar-refractivity contribution >= 4 is 5.97 Å². The lowest BCUT2D eigenvalue weighted by molar-refractivity contribution is -0.446. The molecule has 0 rings (SSSR count). The van der Waals surface area contributed by atoms with Crippen LogP contribution in [-0.4, -0.2) is 75.0 Å². The Hall–Kier alpha value is -2.06. The molecule has 33 heavy (non-hydrogen) atoms. The van der Waals surface area contributed by atoms with Gasteiger partial charge in [-0.25, -0.2) is 13.6 Å². The van der Waals surface area contributed by atoms with E-state index in [0.717, 1.165) is 0 Å². The Labute approximate surface area is 167 Å². The first-order chi connectivity index (χ1) is 14.0. The van der Waals surface area contributed by atoms with Crippen LogP contribution in [0, 0.1) is 0 Å². The maximum absolute atomic E-state index is 13.5. The van der Waals surface area contributed by atoms with Crippen LogP contribution in [0.15, 0.2) is 11.9 Å². The van der Waals surface area contributed by atoms with Crippen LogP contribution < -0.4 is 0 Å². The lowest BCUT2D eigenvalue weighted by Crippen LogP contribution is -2.74. The molecule has 0 aromatic heterocycles. The maximum Gasteiger partial charge on any atom is 0.460 e. The van der Waals surface area contributed by atoms with Crippen LogP contribution >= 0.6 is 0 Å². The minimum atomic E-state index is -8.25. The number of allylic oxidation sites excluding steroid dienone is 1. The van der Waals surface area contributed by atoms with Crippen molar-refractivity contribution in [3.05, 3.63) is 11.9 Å². The molecule has 0 saturated carbocycles. The molecule has 0 bridgehead atoms. The van der Waals surface area contributed by atoms with Gasteiger partial charge in [-0.1, -0.05) is 0 Å². The summed E-state index contributed by atoms with van der Waals surface area (Å²) in [5, 5.41) is 24.8. The van der Waals surface area contributed by atoms with Gasteiger partial charge in [0.2, 0.25) is 0 Å². The minimum absolute atomic E-state index is 1.61. The van der Waals surface area contributed by atoms with E-state index < -0.39 is 71.5 Å². The molecule has 0 aromatic carbocycles. The molecule has 0 heterocycles. The average Bonchev–Trinajstić information content (AvgIpc) is 2.58. The van der Waals surface area contributed by atoms with E-state index in [9.17, 15) is 79.4 Å². The van der Waals surface area contributed by atoms with Gasteiger partial charge in [-0.2, -0.15) is 65.9 Å². The Balaban J connectivity index is 6.76. The molecule has 3 N–H and O–H groups in total. The molecule has 4 nitrogen and oxygen atoms in total. The molecule has 0 spiro atoms. The second-order valence-electron chi connectivity index (χ2n) is 5.90. The summed E-state index contributed by atoms with van der Waals surface area (Å²) in [4.78, 5) is 9.96. The molecular formula is C12H5F17O4. The molecule has 0 aromatic rings. The Morgan fingerprint density at radius 3 is 1.33 bits per heavy atom. The number of alkyl halides is 16. The second kappa shape index (κ2) is 8.01. The third kappa shape index (κ3) is 4.28. The van der Waals surface area contributed by atoms with E-state index in [1.165, 1.54) is 0 Å². The summed E-state index contributed by atoms with van der Waals surface area (Å²) < 4.78 is 221. The zero-order chi connectivity index (χ0) is 27.4. The van der Waals surface area contributed by atoms with Gasteiger partial charge in [0.1, 0.15) is 0 Å². The highest BCUT2D eigenvalue weighted by atomic mass is 19.4. The van der Waals surface area contributed by atoms with Gasteiger partial charge >= 0.3 is 53.5 Å². The number of carboxylic acids is 1. The lowest BCUT2D eigenvalue weighted by Gasteiger charge is -2.43. The van der Waals surface area contributed by atoms with E-state index in [2.05, 4.69) is 0 Å². The smallest absolute Gasteiger partial charge is 0.460 e. The largest absolute Gasteiger partial charge is 0.478 e. The number of hydrogen-bond acceptors (Lipinski definition) is 3. The highest BCUT2D eigenvalue weighted by Crippen LogP contribution is 2.59. The van der Waals surface area contributed by atoms with Crippen molar-refractivity contribution in [1.29, 1.82) is 0 Å². The normalized spacial score (nSPS) is 18.7. The fraction of sp³-hybridized carbons (Fsp3) is 0.750. The zero-order valence-electron chi connectivity index (χ0n) is 14.3. The summed E-state index contributed by atoms with van der Waals surface area (Å²) >= 11 is 0. The van der Waals surface area contributed by atoms with Crippen LogP contribution in [0.5, 0.6) is 0 Å². The number of aliphatic hydroxyl groups excluding tert-OH is 1. The molecule has 0 saturated heterocycles. The van der Waals surface area contributed by atoms with Crippen LogP contribution in [0.4, 0.5) is 74.6 Å². The van der Waals surface area contributed by atoms with Crippen molar-refractivity contribution < 1.29 is 94.8 Å². The topological polar surface area (TPSA) is 77.8 Å². The van der Waals surface area contributed by atoms with Gasteiger partial charge in [-0.15, -0.1) is 0 Å². The van der Waals surface area contributed by atoms with Gasteiger partial charge in [-0.05, 0) is 0 Å². The maximum atomic E-state index is 13.5. The predicted octanol–water partition coefficient (Wildman–Crippen LogP) is 4.32. The predicted molar refractivity (Wildman–Crippen MR) is 64.6 cm³/mol. The van der Waals surface area contributed by atoms with Crippen LogP contribution in [-0.2, 0) is 4.79 Å². The molecule has 2 atom stereocenters. The standard InChI is InChI=1S/C12H5F17O4/c13-2(1-3(30)31)5(14,15)8(19,20)9(21,22)6(16,17)4(32)7(18,33)10(23,24)11(25,26)12(27,28)29/h1,4,32-33H,(H,30,31)/b2-1-. The quantitative estimate of drug-likeness (QED) is 0.303. The van der Waals surface area contributed by atoms with E-state index in [4.69, 9.17) is 15.3 Å². The first kappa shape index (κ1) is 30.9. The molecule has 21 heteroatoms. The van der Waals surface area contributed by atoms with Crippen molar-refractivity contribution in [1.82, 2.24) is 0 Å². The van der Waals surface area contributed by atoms with E-state index in [1.54, 1.807) is 0 Å². The Kier molecular flexibility index (Phi) is 7.51. The van der Waals surface area contributed by atoms with Crippen molar-refractivity contribution in [2.75, 3.05) is 0 Å². The molecule has 0 aliphatic heterocycles. The fourth-order valence-corrected chi connectivity index (χ4v) is 1.74. The van der Waals surface area contributed by atoms with Crippen LogP contribution in [0.2, 0.25) is 0 Å². The van der Waals surface area contributed by atoms with Gasteiger partial charge in [-0.3, -0.25) is 0 Å². The van der Waals surface area contributed by atoms with Gasteiger partial charge < -0.3 is 15.3 Å². The van der Waals surface area contributed by atoms with Crippen LogP contribution in [0.3, 0.4) is 0 Å². The number of carbonyl (C=O) groups is 1. The number of aliphatic hydroxyl groups is 2. The molecular weight excluding hydrogens is 531 g/mol. The Morgan fingerprint density at radius 2 is 1.03 bits per heavy atom. The molecule has 0 radical (unpaired) electrons. The van der Waals surface area contributed by atoms with Crippen molar-refractivity contribution in [2.24, 2.45) is 0 Å². The lowest BCUT2D eigenvalue weighted by atomic mass is 9.87. The molecule has 0 fully saturated rings. The monoisotopic (exact) mass is 536 g/mol.